The summed E-state index contributed by atoms with van der Waals surface area (Å²) >= 11 is 6.33. The van der Waals surface area contributed by atoms with Crippen molar-refractivity contribution in [2.75, 3.05) is 18.5 Å². The smallest absolute Gasteiger partial charge is 0.329 e. The van der Waals surface area contributed by atoms with E-state index in [9.17, 15) is 18.8 Å². The fourth-order valence-corrected chi connectivity index (χ4v) is 3.41. The Labute approximate surface area is 224 Å². The molecule has 0 radical (unpaired) electrons. The number of hydrogen-bond acceptors (Lipinski definition) is 6. The van der Waals surface area contributed by atoms with Crippen molar-refractivity contribution >= 4 is 41.2 Å². The van der Waals surface area contributed by atoms with Crippen LogP contribution in [0.3, 0.4) is 0 Å². The maximum atomic E-state index is 13.7. The highest BCUT2D eigenvalue weighted by Crippen LogP contribution is 2.36. The van der Waals surface area contributed by atoms with Gasteiger partial charge in [0.2, 0.25) is 0 Å². The Morgan fingerprint density at radius 1 is 1.03 bits per heavy atom. The van der Waals surface area contributed by atoms with Gasteiger partial charge in [-0.3, -0.25) is 14.4 Å². The number of nitrogens with zero attached hydrogens (tertiary/aromatic N) is 1. The Kier molecular flexibility index (Phi) is 10.2. The number of aryl methyl sites for hydroxylation is 1. The van der Waals surface area contributed by atoms with Gasteiger partial charge in [-0.25, -0.2) is 9.82 Å². The van der Waals surface area contributed by atoms with Crippen molar-refractivity contribution in [3.05, 3.63) is 88.2 Å². The lowest BCUT2D eigenvalue weighted by atomic mass is 10.1. The second-order valence-corrected chi connectivity index (χ2v) is 8.35. The van der Waals surface area contributed by atoms with Crippen molar-refractivity contribution in [1.29, 1.82) is 0 Å². The minimum Gasteiger partial charge on any atom is -0.490 e. The molecule has 0 saturated heterocycles. The SMILES string of the molecule is CCOc1cc(/C=N\NC(=O)C(=O)NCc2ccc(C)cc2)cc(Cl)c1OCC(=O)Nc1ccccc1F. The number of halogens is 2. The summed E-state index contributed by atoms with van der Waals surface area (Å²) in [6.07, 6.45) is 1.27. The first-order valence-electron chi connectivity index (χ1n) is 11.6. The number of ether oxygens (including phenoxy) is 2. The minimum atomic E-state index is -0.940. The molecule has 3 rings (SSSR count). The molecule has 9 nitrogen and oxygen atoms in total. The van der Waals surface area contributed by atoms with Crippen molar-refractivity contribution in [3.63, 3.8) is 0 Å². The fraction of sp³-hybridized carbons (Fsp3) is 0.185. The molecule has 0 aliphatic rings. The first-order valence-corrected chi connectivity index (χ1v) is 11.9. The second-order valence-electron chi connectivity index (χ2n) is 7.95. The Morgan fingerprint density at radius 3 is 2.47 bits per heavy atom. The number of rotatable bonds is 10. The van der Waals surface area contributed by atoms with E-state index in [-0.39, 0.29) is 35.4 Å². The Balaban J connectivity index is 1.57. The predicted octanol–water partition coefficient (Wildman–Crippen LogP) is 3.97. The molecule has 0 aromatic heterocycles. The van der Waals surface area contributed by atoms with Crippen LogP contribution in [0.15, 0.2) is 65.8 Å². The molecule has 0 heterocycles. The lowest BCUT2D eigenvalue weighted by Crippen LogP contribution is -2.37. The lowest BCUT2D eigenvalue weighted by Gasteiger charge is -2.14. The van der Waals surface area contributed by atoms with Crippen LogP contribution in [0.1, 0.15) is 23.6 Å². The van der Waals surface area contributed by atoms with E-state index in [0.717, 1.165) is 11.1 Å². The van der Waals surface area contributed by atoms with Crippen molar-refractivity contribution < 1.29 is 28.2 Å². The van der Waals surface area contributed by atoms with Gasteiger partial charge in [0.05, 0.1) is 23.5 Å². The maximum absolute atomic E-state index is 13.7. The molecular weight excluding hydrogens is 515 g/mol. The Bertz CT molecular complexity index is 1330. The van der Waals surface area contributed by atoms with Gasteiger partial charge in [0.1, 0.15) is 5.82 Å². The molecule has 0 spiro atoms. The van der Waals surface area contributed by atoms with Gasteiger partial charge in [-0.2, -0.15) is 5.10 Å². The van der Waals surface area contributed by atoms with Crippen molar-refractivity contribution in [3.8, 4) is 11.5 Å². The molecule has 3 aromatic rings. The fourth-order valence-electron chi connectivity index (χ4n) is 3.14. The van der Waals surface area contributed by atoms with E-state index in [1.165, 1.54) is 36.5 Å². The van der Waals surface area contributed by atoms with Gasteiger partial charge < -0.3 is 20.1 Å². The van der Waals surface area contributed by atoms with Crippen LogP contribution < -0.4 is 25.5 Å². The number of carbonyl (C=O) groups is 3. The summed E-state index contributed by atoms with van der Waals surface area (Å²) in [6, 6.07) is 16.3. The molecular formula is C27H26ClFN4O5. The van der Waals surface area contributed by atoms with E-state index in [1.807, 2.05) is 31.2 Å². The van der Waals surface area contributed by atoms with Gasteiger partial charge >= 0.3 is 11.8 Å². The summed E-state index contributed by atoms with van der Waals surface area (Å²) < 4.78 is 24.8. The molecule has 0 aliphatic carbocycles. The van der Waals surface area contributed by atoms with Gasteiger partial charge in [0, 0.05) is 6.54 Å². The average Bonchev–Trinajstić information content (AvgIpc) is 2.89. The molecule has 198 valence electrons. The highest BCUT2D eigenvalue weighted by Gasteiger charge is 2.16. The molecule has 0 aliphatic heterocycles. The molecule has 11 heteroatoms. The zero-order valence-corrected chi connectivity index (χ0v) is 21.5. The molecule has 3 aromatic carbocycles. The number of para-hydroxylation sites is 1. The topological polar surface area (TPSA) is 118 Å². The lowest BCUT2D eigenvalue weighted by molar-refractivity contribution is -0.139. The summed E-state index contributed by atoms with van der Waals surface area (Å²) in [7, 11) is 0. The van der Waals surface area contributed by atoms with E-state index < -0.39 is 30.1 Å². The molecule has 3 amide bonds. The van der Waals surface area contributed by atoms with Crippen LogP contribution >= 0.6 is 11.6 Å². The third kappa shape index (κ3) is 8.31. The highest BCUT2D eigenvalue weighted by atomic mass is 35.5. The van der Waals surface area contributed by atoms with Gasteiger partial charge in [-0.05, 0) is 49.2 Å². The molecule has 0 unspecified atom stereocenters. The Morgan fingerprint density at radius 2 is 1.76 bits per heavy atom. The number of nitrogens with one attached hydrogen (secondary N) is 3. The van der Waals surface area contributed by atoms with Crippen LogP contribution in [-0.4, -0.2) is 37.1 Å². The zero-order chi connectivity index (χ0) is 27.5. The number of hydrogen-bond donors (Lipinski definition) is 3. The molecule has 0 atom stereocenters. The summed E-state index contributed by atoms with van der Waals surface area (Å²) in [5.41, 5.74) is 4.54. The van der Waals surface area contributed by atoms with Crippen LogP contribution in [0.4, 0.5) is 10.1 Å². The summed E-state index contributed by atoms with van der Waals surface area (Å²) in [6.45, 7) is 3.72. The Hall–Kier alpha value is -4.44. The van der Waals surface area contributed by atoms with Crippen molar-refractivity contribution in [2.24, 2.45) is 5.10 Å². The first-order chi connectivity index (χ1) is 18.3. The average molecular weight is 541 g/mol. The summed E-state index contributed by atoms with van der Waals surface area (Å²) in [4.78, 5) is 36.3. The van der Waals surface area contributed by atoms with Gasteiger partial charge in [0.15, 0.2) is 18.1 Å². The number of hydrazone groups is 1. The standard InChI is InChI=1S/C27H26ClFN4O5/c1-3-37-23-13-19(15-31-33-27(36)26(35)30-14-18-10-8-17(2)9-11-18)12-20(28)25(23)38-16-24(34)32-22-7-5-4-6-21(22)29/h4-13,15H,3,14,16H2,1-2H3,(H,30,35)(H,32,34)(H,33,36)/b31-15-. The molecule has 0 fully saturated rings. The number of amides is 3. The van der Waals surface area contributed by atoms with Crippen LogP contribution in [0, 0.1) is 12.7 Å². The highest BCUT2D eigenvalue weighted by molar-refractivity contribution is 6.35. The van der Waals surface area contributed by atoms with E-state index in [4.69, 9.17) is 21.1 Å². The maximum Gasteiger partial charge on any atom is 0.329 e. The number of anilines is 1. The van der Waals surface area contributed by atoms with E-state index in [1.54, 1.807) is 13.0 Å². The first kappa shape index (κ1) is 28.1. The quantitative estimate of drug-likeness (QED) is 0.204. The van der Waals surface area contributed by atoms with Crippen LogP contribution in [0.2, 0.25) is 5.02 Å². The van der Waals surface area contributed by atoms with Gasteiger partial charge in [-0.1, -0.05) is 53.6 Å². The van der Waals surface area contributed by atoms with Crippen LogP contribution in [0.5, 0.6) is 11.5 Å². The monoisotopic (exact) mass is 540 g/mol. The van der Waals surface area contributed by atoms with Crippen LogP contribution in [-0.2, 0) is 20.9 Å². The number of benzene rings is 3. The van der Waals surface area contributed by atoms with E-state index in [0.29, 0.717) is 5.56 Å². The third-order valence-electron chi connectivity index (χ3n) is 4.99. The van der Waals surface area contributed by atoms with Gasteiger partial charge in [-0.15, -0.1) is 0 Å². The minimum absolute atomic E-state index is 0.0228. The molecule has 3 N–H and O–H groups in total. The van der Waals surface area contributed by atoms with E-state index in [2.05, 4.69) is 21.2 Å². The number of carbonyl (C=O) groups excluding carboxylic acids is 3. The summed E-state index contributed by atoms with van der Waals surface area (Å²) in [5, 5.41) is 8.83. The predicted molar refractivity (Wildman–Crippen MR) is 142 cm³/mol. The summed E-state index contributed by atoms with van der Waals surface area (Å²) in [5.74, 6) is -2.62. The van der Waals surface area contributed by atoms with Crippen LogP contribution in [0.25, 0.3) is 0 Å². The molecule has 38 heavy (non-hydrogen) atoms. The second kappa shape index (κ2) is 13.8. The largest absolute Gasteiger partial charge is 0.490 e. The van der Waals surface area contributed by atoms with Crippen molar-refractivity contribution in [1.82, 2.24) is 10.7 Å². The zero-order valence-electron chi connectivity index (χ0n) is 20.7. The van der Waals surface area contributed by atoms with Gasteiger partial charge in [0.25, 0.3) is 5.91 Å². The van der Waals surface area contributed by atoms with Crippen molar-refractivity contribution in [2.45, 2.75) is 20.4 Å². The molecule has 0 saturated carbocycles. The molecule has 0 bridgehead atoms. The third-order valence-corrected chi connectivity index (χ3v) is 5.27. The normalized spacial score (nSPS) is 10.6. The van der Waals surface area contributed by atoms with E-state index >= 15 is 0 Å².